The highest BCUT2D eigenvalue weighted by Gasteiger charge is 2.16. The van der Waals surface area contributed by atoms with Gasteiger partial charge in [-0.3, -0.25) is 4.79 Å². The van der Waals surface area contributed by atoms with Crippen LogP contribution in [0, 0.1) is 0 Å². The van der Waals surface area contributed by atoms with Gasteiger partial charge in [0.15, 0.2) is 11.5 Å². The Bertz CT molecular complexity index is 947. The average molecular weight is 406 g/mol. The minimum atomic E-state index is -0.0630. The first-order valence-electron chi connectivity index (χ1n) is 9.68. The zero-order valence-electron chi connectivity index (χ0n) is 16.0. The fraction of sp³-hybridized carbons (Fsp3) is 0.208. The highest BCUT2D eigenvalue weighted by molar-refractivity contribution is 8.00. The van der Waals surface area contributed by atoms with Crippen LogP contribution in [0.15, 0.2) is 83.8 Å². The third-order valence-electron chi connectivity index (χ3n) is 4.70. The average Bonchev–Trinajstić information content (AvgIpc) is 2.78. The largest absolute Gasteiger partial charge is 0.486 e. The van der Waals surface area contributed by atoms with Gasteiger partial charge in [0.2, 0.25) is 5.91 Å². The minimum Gasteiger partial charge on any atom is -0.486 e. The number of hydrogen-bond acceptors (Lipinski definition) is 4. The van der Waals surface area contributed by atoms with Gasteiger partial charge in [0, 0.05) is 4.90 Å². The fourth-order valence-corrected chi connectivity index (χ4v) is 4.02. The molecule has 0 saturated heterocycles. The number of carbonyl (C=O) groups is 1. The Balaban J connectivity index is 1.40. The number of carbonyl (C=O) groups excluding carboxylic acids is 1. The van der Waals surface area contributed by atoms with Crippen molar-refractivity contribution in [3.8, 4) is 11.5 Å². The van der Waals surface area contributed by atoms with Crippen LogP contribution in [0.2, 0.25) is 0 Å². The topological polar surface area (TPSA) is 47.6 Å². The minimum absolute atomic E-state index is 0.00896. The highest BCUT2D eigenvalue weighted by atomic mass is 32.2. The van der Waals surface area contributed by atoms with Crippen molar-refractivity contribution in [3.63, 3.8) is 0 Å². The molecular formula is C24H23NO3S. The second-order valence-corrected chi connectivity index (χ2v) is 7.86. The van der Waals surface area contributed by atoms with E-state index < -0.39 is 0 Å². The molecule has 0 fully saturated rings. The molecule has 1 unspecified atom stereocenters. The first kappa shape index (κ1) is 19.4. The van der Waals surface area contributed by atoms with Gasteiger partial charge in [0.05, 0.1) is 11.8 Å². The molecule has 1 aliphatic heterocycles. The van der Waals surface area contributed by atoms with Gasteiger partial charge in [-0.15, -0.1) is 11.8 Å². The molecule has 0 radical (unpaired) electrons. The summed E-state index contributed by atoms with van der Waals surface area (Å²) in [5.41, 5.74) is 2.30. The summed E-state index contributed by atoms with van der Waals surface area (Å²) in [6.45, 7) is 1.13. The number of ether oxygens (including phenoxy) is 2. The number of rotatable bonds is 7. The van der Waals surface area contributed by atoms with Crippen LogP contribution >= 0.6 is 11.8 Å². The lowest BCUT2D eigenvalue weighted by Crippen LogP contribution is -2.31. The molecule has 3 aromatic rings. The number of thioether (sulfide) groups is 1. The lowest BCUT2D eigenvalue weighted by atomic mass is 9.99. The summed E-state index contributed by atoms with van der Waals surface area (Å²) >= 11 is 1.50. The Kier molecular flexibility index (Phi) is 6.37. The Morgan fingerprint density at radius 1 is 0.897 bits per heavy atom. The summed E-state index contributed by atoms with van der Waals surface area (Å²) in [5.74, 6) is 1.86. The van der Waals surface area contributed by atoms with Gasteiger partial charge in [-0.05, 0) is 35.7 Å². The zero-order chi connectivity index (χ0) is 19.9. The van der Waals surface area contributed by atoms with Crippen molar-refractivity contribution in [2.75, 3.05) is 19.0 Å². The second-order valence-electron chi connectivity index (χ2n) is 6.81. The monoisotopic (exact) mass is 405 g/mol. The van der Waals surface area contributed by atoms with E-state index in [1.165, 1.54) is 17.3 Å². The fourth-order valence-electron chi connectivity index (χ4n) is 3.29. The van der Waals surface area contributed by atoms with E-state index in [1.54, 1.807) is 0 Å². The van der Waals surface area contributed by atoms with E-state index in [0.717, 1.165) is 28.4 Å². The standard InChI is InChI=1S/C24H23NO3S/c26-24(17-29-20-11-12-22-23(16-20)28-14-13-27-22)25-21(19-9-5-2-6-10-19)15-18-7-3-1-4-8-18/h1-12,16,21H,13-15,17H2,(H,25,26). The Morgan fingerprint density at radius 3 is 2.34 bits per heavy atom. The number of amides is 1. The molecule has 1 atom stereocenters. The summed E-state index contributed by atoms with van der Waals surface area (Å²) < 4.78 is 11.2. The summed E-state index contributed by atoms with van der Waals surface area (Å²) in [7, 11) is 0. The number of benzene rings is 3. The molecule has 0 bridgehead atoms. The second kappa shape index (κ2) is 9.52. The van der Waals surface area contributed by atoms with E-state index in [1.807, 2.05) is 54.6 Å². The van der Waals surface area contributed by atoms with Crippen LogP contribution in [-0.4, -0.2) is 24.9 Å². The molecule has 0 saturated carbocycles. The normalized spacial score (nSPS) is 13.5. The van der Waals surface area contributed by atoms with Crippen molar-refractivity contribution in [1.29, 1.82) is 0 Å². The van der Waals surface area contributed by atoms with Crippen LogP contribution in [0.25, 0.3) is 0 Å². The molecule has 148 valence electrons. The number of fused-ring (bicyclic) bond motifs is 1. The van der Waals surface area contributed by atoms with E-state index >= 15 is 0 Å². The van der Waals surface area contributed by atoms with Crippen molar-refractivity contribution in [3.05, 3.63) is 90.0 Å². The quantitative estimate of drug-likeness (QED) is 0.581. The summed E-state index contributed by atoms with van der Waals surface area (Å²) in [6.07, 6.45) is 0.755. The van der Waals surface area contributed by atoms with Crippen LogP contribution in [0.3, 0.4) is 0 Å². The van der Waals surface area contributed by atoms with Crippen molar-refractivity contribution in [2.45, 2.75) is 17.4 Å². The van der Waals surface area contributed by atoms with Crippen LogP contribution < -0.4 is 14.8 Å². The van der Waals surface area contributed by atoms with Gasteiger partial charge in [-0.25, -0.2) is 0 Å². The first-order valence-corrected chi connectivity index (χ1v) is 10.7. The Morgan fingerprint density at radius 2 is 1.59 bits per heavy atom. The molecule has 29 heavy (non-hydrogen) atoms. The molecule has 4 nitrogen and oxygen atoms in total. The third kappa shape index (κ3) is 5.33. The number of nitrogens with one attached hydrogen (secondary N) is 1. The van der Waals surface area contributed by atoms with E-state index in [0.29, 0.717) is 19.0 Å². The van der Waals surface area contributed by atoms with Gasteiger partial charge in [-0.1, -0.05) is 60.7 Å². The summed E-state index contributed by atoms with van der Waals surface area (Å²) in [5, 5.41) is 3.20. The van der Waals surface area contributed by atoms with Gasteiger partial charge >= 0.3 is 0 Å². The molecule has 4 rings (SSSR count). The van der Waals surface area contributed by atoms with Gasteiger partial charge in [-0.2, -0.15) is 0 Å². The molecular weight excluding hydrogens is 382 g/mol. The van der Waals surface area contributed by atoms with Crippen molar-refractivity contribution in [2.24, 2.45) is 0 Å². The first-order chi connectivity index (χ1) is 14.3. The van der Waals surface area contributed by atoms with E-state index in [2.05, 4.69) is 29.6 Å². The van der Waals surface area contributed by atoms with E-state index in [9.17, 15) is 4.79 Å². The third-order valence-corrected chi connectivity index (χ3v) is 5.70. The van der Waals surface area contributed by atoms with Crippen LogP contribution in [0.4, 0.5) is 0 Å². The predicted molar refractivity (Wildman–Crippen MR) is 116 cm³/mol. The van der Waals surface area contributed by atoms with Crippen molar-refractivity contribution >= 4 is 17.7 Å². The maximum absolute atomic E-state index is 12.7. The van der Waals surface area contributed by atoms with Crippen LogP contribution in [0.1, 0.15) is 17.2 Å². The molecule has 1 aliphatic rings. The molecule has 0 aromatic heterocycles. The number of hydrogen-bond donors (Lipinski definition) is 1. The predicted octanol–water partition coefficient (Wildman–Crippen LogP) is 4.65. The zero-order valence-corrected chi connectivity index (χ0v) is 16.9. The van der Waals surface area contributed by atoms with Crippen molar-refractivity contribution in [1.82, 2.24) is 5.32 Å². The lowest BCUT2D eigenvalue weighted by molar-refractivity contribution is -0.119. The summed E-state index contributed by atoms with van der Waals surface area (Å²) in [4.78, 5) is 13.7. The molecule has 0 aliphatic carbocycles. The van der Waals surface area contributed by atoms with E-state index in [4.69, 9.17) is 9.47 Å². The van der Waals surface area contributed by atoms with Gasteiger partial charge < -0.3 is 14.8 Å². The van der Waals surface area contributed by atoms with E-state index in [-0.39, 0.29) is 11.9 Å². The lowest BCUT2D eigenvalue weighted by Gasteiger charge is -2.20. The SMILES string of the molecule is O=C(CSc1ccc2c(c1)OCCO2)NC(Cc1ccccc1)c1ccccc1. The molecule has 1 heterocycles. The van der Waals surface area contributed by atoms with Gasteiger partial charge in [0.25, 0.3) is 0 Å². The highest BCUT2D eigenvalue weighted by Crippen LogP contribution is 2.34. The van der Waals surface area contributed by atoms with Crippen LogP contribution in [0.5, 0.6) is 11.5 Å². The summed E-state index contributed by atoms with van der Waals surface area (Å²) in [6, 6.07) is 26.1. The van der Waals surface area contributed by atoms with Crippen molar-refractivity contribution < 1.29 is 14.3 Å². The smallest absolute Gasteiger partial charge is 0.230 e. The molecule has 0 spiro atoms. The molecule has 3 aromatic carbocycles. The van der Waals surface area contributed by atoms with Gasteiger partial charge in [0.1, 0.15) is 13.2 Å². The Labute approximate surface area is 175 Å². The maximum Gasteiger partial charge on any atom is 0.230 e. The molecule has 1 amide bonds. The van der Waals surface area contributed by atoms with Crippen LogP contribution in [-0.2, 0) is 11.2 Å². The molecule has 1 N–H and O–H groups in total. The molecule has 5 heteroatoms. The maximum atomic E-state index is 12.7. The Hall–Kier alpha value is -2.92.